The molecule has 4 rings (SSSR count). The number of nitrogens with zero attached hydrogens (tertiary/aromatic N) is 2. The first-order chi connectivity index (χ1) is 13.6. The van der Waals surface area contributed by atoms with Gasteiger partial charge in [-0.1, -0.05) is 18.2 Å². The number of amides is 1. The van der Waals surface area contributed by atoms with Crippen LogP contribution in [0, 0.1) is 11.7 Å². The van der Waals surface area contributed by atoms with Crippen molar-refractivity contribution in [2.24, 2.45) is 5.92 Å². The third-order valence-electron chi connectivity index (χ3n) is 6.11. The Bertz CT molecular complexity index is 803. The van der Waals surface area contributed by atoms with Crippen molar-refractivity contribution in [1.82, 2.24) is 9.88 Å². The van der Waals surface area contributed by atoms with Gasteiger partial charge < -0.3 is 9.64 Å². The van der Waals surface area contributed by atoms with E-state index in [9.17, 15) is 9.18 Å². The van der Waals surface area contributed by atoms with Gasteiger partial charge in [-0.3, -0.25) is 9.78 Å². The Morgan fingerprint density at radius 1 is 1.21 bits per heavy atom. The van der Waals surface area contributed by atoms with Crippen LogP contribution in [0.4, 0.5) is 4.39 Å². The molecule has 2 fully saturated rings. The molecule has 0 saturated carbocycles. The maximum absolute atomic E-state index is 13.5. The summed E-state index contributed by atoms with van der Waals surface area (Å²) in [6.07, 6.45) is 8.55. The van der Waals surface area contributed by atoms with E-state index in [1.54, 1.807) is 24.5 Å². The van der Waals surface area contributed by atoms with Crippen LogP contribution in [-0.4, -0.2) is 41.1 Å². The normalized spacial score (nSPS) is 21.6. The molecule has 1 spiro atoms. The van der Waals surface area contributed by atoms with Gasteiger partial charge in [0.2, 0.25) is 5.91 Å². The minimum absolute atomic E-state index is 0.124. The van der Waals surface area contributed by atoms with E-state index < -0.39 is 0 Å². The van der Waals surface area contributed by atoms with Gasteiger partial charge in [-0.25, -0.2) is 4.39 Å². The van der Waals surface area contributed by atoms with Crippen molar-refractivity contribution in [3.63, 3.8) is 0 Å². The number of halogens is 1. The van der Waals surface area contributed by atoms with Gasteiger partial charge in [0.05, 0.1) is 12.0 Å². The number of rotatable bonds is 4. The highest BCUT2D eigenvalue weighted by Gasteiger charge is 2.41. The van der Waals surface area contributed by atoms with Gasteiger partial charge in [0.1, 0.15) is 5.82 Å². The smallest absolute Gasteiger partial charge is 0.227 e. The highest BCUT2D eigenvalue weighted by Crippen LogP contribution is 2.39. The first-order valence-corrected chi connectivity index (χ1v) is 10.2. The van der Waals surface area contributed by atoms with Crippen molar-refractivity contribution in [3.8, 4) is 0 Å². The number of benzene rings is 1. The van der Waals surface area contributed by atoms with Gasteiger partial charge in [-0.05, 0) is 67.3 Å². The number of carbonyl (C=O) groups excluding carboxylic acids is 1. The van der Waals surface area contributed by atoms with Crippen LogP contribution in [0.3, 0.4) is 0 Å². The number of likely N-dealkylation sites (tertiary alicyclic amines) is 1. The van der Waals surface area contributed by atoms with Crippen molar-refractivity contribution in [3.05, 3.63) is 65.7 Å². The molecule has 1 atom stereocenters. The number of carbonyl (C=O) groups is 1. The van der Waals surface area contributed by atoms with Gasteiger partial charge in [0.15, 0.2) is 0 Å². The highest BCUT2D eigenvalue weighted by molar-refractivity contribution is 5.78. The van der Waals surface area contributed by atoms with Gasteiger partial charge in [-0.2, -0.15) is 0 Å². The largest absolute Gasteiger partial charge is 0.375 e. The third kappa shape index (κ3) is 4.58. The fourth-order valence-corrected chi connectivity index (χ4v) is 4.60. The van der Waals surface area contributed by atoms with Crippen molar-refractivity contribution in [2.75, 3.05) is 19.7 Å². The van der Waals surface area contributed by atoms with Crippen LogP contribution in [0.1, 0.15) is 36.8 Å². The predicted octanol–water partition coefficient (Wildman–Crippen LogP) is 3.79. The van der Waals surface area contributed by atoms with Crippen molar-refractivity contribution < 1.29 is 13.9 Å². The van der Waals surface area contributed by atoms with E-state index in [4.69, 9.17) is 4.74 Å². The van der Waals surface area contributed by atoms with E-state index in [0.29, 0.717) is 12.3 Å². The SMILES string of the molecule is O=C(Cc1cccnc1)N1CCC2(CC1)CC(Cc1cccc(F)c1)CCO2. The molecule has 2 aliphatic heterocycles. The lowest BCUT2D eigenvalue weighted by Crippen LogP contribution is -2.51. The number of aromatic nitrogens is 1. The van der Waals surface area contributed by atoms with Crippen molar-refractivity contribution in [1.29, 1.82) is 0 Å². The fraction of sp³-hybridized carbons (Fsp3) is 0.478. The number of piperidine rings is 1. The van der Waals surface area contributed by atoms with Gasteiger partial charge in [-0.15, -0.1) is 0 Å². The Morgan fingerprint density at radius 2 is 2.04 bits per heavy atom. The van der Waals surface area contributed by atoms with Gasteiger partial charge in [0, 0.05) is 32.1 Å². The predicted molar refractivity (Wildman–Crippen MR) is 105 cm³/mol. The van der Waals surface area contributed by atoms with Crippen LogP contribution >= 0.6 is 0 Å². The molecular formula is C23H27FN2O2. The molecular weight excluding hydrogens is 355 g/mol. The highest BCUT2D eigenvalue weighted by atomic mass is 19.1. The van der Waals surface area contributed by atoms with Crippen LogP contribution in [0.2, 0.25) is 0 Å². The molecule has 0 radical (unpaired) electrons. The lowest BCUT2D eigenvalue weighted by atomic mass is 9.77. The Labute approximate surface area is 165 Å². The molecule has 0 N–H and O–H groups in total. The second-order valence-corrected chi connectivity index (χ2v) is 8.14. The summed E-state index contributed by atoms with van der Waals surface area (Å²) in [7, 11) is 0. The summed E-state index contributed by atoms with van der Waals surface area (Å²) in [6.45, 7) is 2.24. The van der Waals surface area contributed by atoms with E-state index in [2.05, 4.69) is 4.98 Å². The van der Waals surface area contributed by atoms with Crippen LogP contribution in [0.15, 0.2) is 48.8 Å². The zero-order chi connectivity index (χ0) is 19.4. The quantitative estimate of drug-likeness (QED) is 0.808. The number of hydrogen-bond acceptors (Lipinski definition) is 3. The van der Waals surface area contributed by atoms with E-state index in [1.165, 1.54) is 6.07 Å². The second-order valence-electron chi connectivity index (χ2n) is 8.14. The minimum Gasteiger partial charge on any atom is -0.375 e. The Morgan fingerprint density at radius 3 is 2.79 bits per heavy atom. The molecule has 5 heteroatoms. The molecule has 1 aromatic heterocycles. The Kier molecular flexibility index (Phi) is 5.72. The Balaban J connectivity index is 1.32. The standard InChI is InChI=1S/C23H27FN2O2/c24-21-5-1-3-18(14-21)13-19-6-12-28-23(16-19)7-10-26(11-8-23)22(27)15-20-4-2-9-25-17-20/h1-5,9,14,17,19H,6-8,10-13,15-16H2. The molecule has 2 aliphatic rings. The topological polar surface area (TPSA) is 42.4 Å². The molecule has 28 heavy (non-hydrogen) atoms. The van der Waals surface area contributed by atoms with E-state index in [0.717, 1.165) is 62.9 Å². The van der Waals surface area contributed by atoms with Crippen molar-refractivity contribution >= 4 is 5.91 Å². The fourth-order valence-electron chi connectivity index (χ4n) is 4.60. The lowest BCUT2D eigenvalue weighted by Gasteiger charge is -2.46. The summed E-state index contributed by atoms with van der Waals surface area (Å²) in [5.41, 5.74) is 1.89. The number of hydrogen-bond donors (Lipinski definition) is 0. The molecule has 0 aliphatic carbocycles. The second kappa shape index (κ2) is 8.39. The van der Waals surface area contributed by atoms with E-state index >= 15 is 0 Å². The van der Waals surface area contributed by atoms with E-state index in [1.807, 2.05) is 23.1 Å². The number of ether oxygens (including phenoxy) is 1. The summed E-state index contributed by atoms with van der Waals surface area (Å²) in [4.78, 5) is 18.6. The molecule has 4 nitrogen and oxygen atoms in total. The molecule has 1 unspecified atom stereocenters. The zero-order valence-electron chi connectivity index (χ0n) is 16.1. The van der Waals surface area contributed by atoms with Crippen LogP contribution in [-0.2, 0) is 22.4 Å². The Hall–Kier alpha value is -2.27. The summed E-state index contributed by atoms with van der Waals surface area (Å²) in [5, 5.41) is 0. The molecule has 148 valence electrons. The maximum atomic E-state index is 13.5. The molecule has 3 heterocycles. The minimum atomic E-state index is -0.167. The summed E-state index contributed by atoms with van der Waals surface area (Å²) in [6, 6.07) is 10.7. The number of pyridine rings is 1. The summed E-state index contributed by atoms with van der Waals surface area (Å²) in [5.74, 6) is 0.503. The van der Waals surface area contributed by atoms with Gasteiger partial charge >= 0.3 is 0 Å². The summed E-state index contributed by atoms with van der Waals surface area (Å²) < 4.78 is 19.7. The third-order valence-corrected chi connectivity index (χ3v) is 6.11. The average Bonchev–Trinajstić information content (AvgIpc) is 2.69. The first kappa shape index (κ1) is 19.1. The molecule has 1 amide bonds. The van der Waals surface area contributed by atoms with Crippen molar-refractivity contribution in [2.45, 2.75) is 44.1 Å². The zero-order valence-corrected chi connectivity index (χ0v) is 16.1. The lowest BCUT2D eigenvalue weighted by molar-refractivity contribution is -0.146. The molecule has 2 saturated heterocycles. The monoisotopic (exact) mass is 382 g/mol. The maximum Gasteiger partial charge on any atom is 0.227 e. The molecule has 0 bridgehead atoms. The first-order valence-electron chi connectivity index (χ1n) is 10.2. The van der Waals surface area contributed by atoms with Crippen LogP contribution in [0.25, 0.3) is 0 Å². The molecule has 2 aromatic rings. The van der Waals surface area contributed by atoms with E-state index in [-0.39, 0.29) is 17.3 Å². The van der Waals surface area contributed by atoms with Crippen LogP contribution < -0.4 is 0 Å². The molecule has 1 aromatic carbocycles. The average molecular weight is 382 g/mol. The summed E-state index contributed by atoms with van der Waals surface area (Å²) >= 11 is 0. The van der Waals surface area contributed by atoms with Crippen LogP contribution in [0.5, 0.6) is 0 Å². The van der Waals surface area contributed by atoms with Gasteiger partial charge in [0.25, 0.3) is 0 Å².